The molecule has 2 aliphatic carbocycles. The second kappa shape index (κ2) is 8.59. The van der Waals surface area contributed by atoms with E-state index in [0.717, 1.165) is 38.3 Å². The number of nitrogens with zero attached hydrogens (tertiary/aromatic N) is 1. The van der Waals surface area contributed by atoms with Crippen LogP contribution in [0, 0.1) is 29.6 Å². The number of para-hydroxylation sites is 1. The minimum absolute atomic E-state index is 0.0340. The van der Waals surface area contributed by atoms with Gasteiger partial charge in [0.2, 0.25) is 17.7 Å². The van der Waals surface area contributed by atoms with E-state index in [1.165, 1.54) is 23.9 Å². The number of imide groups is 1. The maximum Gasteiger partial charge on any atom is 0.418 e. The third-order valence-electron chi connectivity index (χ3n) is 8.47. The van der Waals surface area contributed by atoms with Crippen LogP contribution in [0.1, 0.15) is 28.5 Å². The van der Waals surface area contributed by atoms with E-state index in [4.69, 9.17) is 4.42 Å². The second-order valence-electron chi connectivity index (χ2n) is 10.3. The van der Waals surface area contributed by atoms with Crippen molar-refractivity contribution in [2.24, 2.45) is 29.6 Å². The molecule has 2 saturated carbocycles. The first-order valence-electron chi connectivity index (χ1n) is 12.4. The zero-order valence-corrected chi connectivity index (χ0v) is 21.6. The Balaban J connectivity index is 1.16. The molecule has 1 aromatic carbocycles. The Hall–Kier alpha value is -3.32. The normalized spacial score (nSPS) is 30.8. The molecular formula is C26H20F3N3O5S2. The number of rotatable bonds is 4. The number of thiazole rings is 1. The van der Waals surface area contributed by atoms with Gasteiger partial charge < -0.3 is 14.7 Å². The Morgan fingerprint density at radius 3 is 2.54 bits per heavy atom. The molecule has 4 aliphatic rings. The second-order valence-corrected chi connectivity index (χ2v) is 12.5. The highest BCUT2D eigenvalue weighted by Crippen LogP contribution is 2.68. The molecule has 3 fully saturated rings. The Labute approximate surface area is 226 Å². The van der Waals surface area contributed by atoms with Gasteiger partial charge >= 0.3 is 11.0 Å². The van der Waals surface area contributed by atoms with Crippen LogP contribution in [0.25, 0.3) is 0 Å². The van der Waals surface area contributed by atoms with Crippen LogP contribution in [-0.2, 0) is 20.6 Å². The predicted octanol–water partition coefficient (Wildman–Crippen LogP) is 4.16. The van der Waals surface area contributed by atoms with E-state index in [1.54, 1.807) is 12.3 Å². The van der Waals surface area contributed by atoms with Gasteiger partial charge in [-0.15, -0.1) is 11.8 Å². The lowest BCUT2D eigenvalue weighted by molar-refractivity contribution is -0.143. The molecule has 0 radical (unpaired) electrons. The number of thioether (sulfide) groups is 1. The van der Waals surface area contributed by atoms with Crippen molar-refractivity contribution in [2.45, 2.75) is 28.8 Å². The lowest BCUT2D eigenvalue weighted by Gasteiger charge is -2.42. The van der Waals surface area contributed by atoms with Crippen LogP contribution in [0.3, 0.4) is 0 Å². The summed E-state index contributed by atoms with van der Waals surface area (Å²) >= 11 is 2.66. The topological polar surface area (TPSA) is 112 Å². The van der Waals surface area contributed by atoms with Gasteiger partial charge in [-0.25, -0.2) is 0 Å². The standard InChI is InChI=1S/C26H20F3N3O5S2/c27-26(28,29)12-4-1-2-5-13(12)30-15(33)9-32-23(34)17-10-8-11(18(17)24(32)35)20-16(10)19(14-6-3-7-37-14)21-22(38-20)31-25(36)39-21/h1-7,10-11,16-20H,8-9H2,(H,30,33)(H,31,36)/t10?,11?,16?,17?,18?,19-,20?/m1/s1. The molecule has 4 heterocycles. The monoisotopic (exact) mass is 575 g/mol. The van der Waals surface area contributed by atoms with Crippen molar-refractivity contribution < 1.29 is 32.0 Å². The number of anilines is 1. The van der Waals surface area contributed by atoms with Crippen LogP contribution in [0.15, 0.2) is 56.9 Å². The van der Waals surface area contributed by atoms with Gasteiger partial charge in [0, 0.05) is 5.25 Å². The summed E-state index contributed by atoms with van der Waals surface area (Å²) in [4.78, 5) is 56.6. The SMILES string of the molecule is O=C(CN1C(=O)C2C3CC(C2C1=O)C1C3Sc2[nH]c(=O)sc2[C@@H]1c1ccco1)Nc1ccccc1C(F)(F)F. The third kappa shape index (κ3) is 3.65. The van der Waals surface area contributed by atoms with Gasteiger partial charge in [-0.1, -0.05) is 23.5 Å². The number of aromatic nitrogens is 1. The van der Waals surface area contributed by atoms with Crippen molar-refractivity contribution in [3.05, 3.63) is 68.5 Å². The highest BCUT2D eigenvalue weighted by molar-refractivity contribution is 8.00. The zero-order valence-electron chi connectivity index (χ0n) is 19.9. The van der Waals surface area contributed by atoms with E-state index in [0.29, 0.717) is 12.2 Å². The van der Waals surface area contributed by atoms with Crippen molar-refractivity contribution in [1.82, 2.24) is 9.88 Å². The first-order chi connectivity index (χ1) is 18.6. The minimum Gasteiger partial charge on any atom is -0.469 e. The highest BCUT2D eigenvalue weighted by atomic mass is 32.2. The number of H-pyrrole nitrogens is 1. The maximum atomic E-state index is 13.6. The molecular weight excluding hydrogens is 555 g/mol. The van der Waals surface area contributed by atoms with Crippen molar-refractivity contribution in [1.29, 1.82) is 0 Å². The Morgan fingerprint density at radius 2 is 1.82 bits per heavy atom. The summed E-state index contributed by atoms with van der Waals surface area (Å²) in [6, 6.07) is 8.18. The third-order valence-corrected chi connectivity index (χ3v) is 11.1. The molecule has 202 valence electrons. The minimum atomic E-state index is -4.68. The fraction of sp³-hybridized carbons (Fsp3) is 0.385. The number of alkyl halides is 3. The molecule has 8 nitrogen and oxygen atoms in total. The van der Waals surface area contributed by atoms with Crippen molar-refractivity contribution in [3.8, 4) is 0 Å². The summed E-state index contributed by atoms with van der Waals surface area (Å²) in [5, 5.41) is 2.95. The fourth-order valence-corrected chi connectivity index (χ4v) is 10.1. The largest absolute Gasteiger partial charge is 0.469 e. The van der Waals surface area contributed by atoms with E-state index in [2.05, 4.69) is 10.3 Å². The summed E-state index contributed by atoms with van der Waals surface area (Å²) in [6.07, 6.45) is -2.44. The first kappa shape index (κ1) is 24.7. The average Bonchev–Trinajstić information content (AvgIpc) is 3.69. The molecule has 0 spiro atoms. The van der Waals surface area contributed by atoms with Crippen LogP contribution < -0.4 is 10.2 Å². The van der Waals surface area contributed by atoms with Gasteiger partial charge in [0.05, 0.1) is 45.2 Å². The lowest BCUT2D eigenvalue weighted by Crippen LogP contribution is -2.42. The van der Waals surface area contributed by atoms with Gasteiger partial charge in [-0.3, -0.25) is 24.1 Å². The molecule has 1 saturated heterocycles. The molecule has 6 unspecified atom stereocenters. The van der Waals surface area contributed by atoms with E-state index in [1.807, 2.05) is 6.07 Å². The summed E-state index contributed by atoms with van der Waals surface area (Å²) in [6.45, 7) is -0.652. The number of fused-ring (bicyclic) bond motifs is 9. The number of amides is 3. The Bertz CT molecular complexity index is 1560. The molecule has 13 heteroatoms. The maximum absolute atomic E-state index is 13.6. The van der Waals surface area contributed by atoms with Gasteiger partial charge in [0.15, 0.2) is 0 Å². The number of hydrogen-bond acceptors (Lipinski definition) is 7. The summed E-state index contributed by atoms with van der Waals surface area (Å²) in [5.41, 5.74) is -1.44. The first-order valence-corrected chi connectivity index (χ1v) is 14.1. The molecule has 39 heavy (non-hydrogen) atoms. The van der Waals surface area contributed by atoms with Crippen molar-refractivity contribution in [3.63, 3.8) is 0 Å². The smallest absolute Gasteiger partial charge is 0.418 e. The fourth-order valence-electron chi connectivity index (χ4n) is 7.19. The van der Waals surface area contributed by atoms with Crippen LogP contribution in [0.4, 0.5) is 18.9 Å². The number of likely N-dealkylation sites (tertiary alicyclic amines) is 1. The molecule has 3 amide bonds. The zero-order chi connectivity index (χ0) is 27.2. The molecule has 2 aromatic heterocycles. The van der Waals surface area contributed by atoms with Crippen molar-refractivity contribution in [2.75, 3.05) is 11.9 Å². The van der Waals surface area contributed by atoms with Crippen LogP contribution >= 0.6 is 23.1 Å². The van der Waals surface area contributed by atoms with Crippen LogP contribution in [-0.4, -0.2) is 39.4 Å². The molecule has 2 bridgehead atoms. The molecule has 2 N–H and O–H groups in total. The van der Waals surface area contributed by atoms with E-state index < -0.39 is 53.5 Å². The number of nitrogens with one attached hydrogen (secondary N) is 2. The van der Waals surface area contributed by atoms with E-state index in [9.17, 15) is 32.3 Å². The van der Waals surface area contributed by atoms with E-state index in [-0.39, 0.29) is 33.8 Å². The van der Waals surface area contributed by atoms with Gasteiger partial charge in [0.1, 0.15) is 12.3 Å². The summed E-state index contributed by atoms with van der Waals surface area (Å²) in [5.74, 6) is -2.90. The number of hydrogen-bond donors (Lipinski definition) is 2. The van der Waals surface area contributed by atoms with Gasteiger partial charge in [-0.05, 0) is 48.4 Å². The number of aromatic amines is 1. The van der Waals surface area contributed by atoms with Crippen LogP contribution in [0.2, 0.25) is 0 Å². The number of carbonyl (C=O) groups is 3. The lowest BCUT2D eigenvalue weighted by atomic mass is 9.69. The highest BCUT2D eigenvalue weighted by Gasteiger charge is 2.69. The average molecular weight is 576 g/mol. The summed E-state index contributed by atoms with van der Waals surface area (Å²) < 4.78 is 45.8. The number of carbonyl (C=O) groups excluding carboxylic acids is 3. The molecule has 7 atom stereocenters. The van der Waals surface area contributed by atoms with Crippen molar-refractivity contribution >= 4 is 46.5 Å². The molecule has 7 rings (SSSR count). The number of halogens is 3. The van der Waals surface area contributed by atoms with Gasteiger partial charge in [-0.2, -0.15) is 13.2 Å². The van der Waals surface area contributed by atoms with Crippen LogP contribution in [0.5, 0.6) is 0 Å². The number of furan rings is 1. The predicted molar refractivity (Wildman–Crippen MR) is 134 cm³/mol. The van der Waals surface area contributed by atoms with Gasteiger partial charge in [0.25, 0.3) is 0 Å². The quantitative estimate of drug-likeness (QED) is 0.452. The van der Waals surface area contributed by atoms with E-state index >= 15 is 0 Å². The summed E-state index contributed by atoms with van der Waals surface area (Å²) in [7, 11) is 0. The Morgan fingerprint density at radius 1 is 1.08 bits per heavy atom. The molecule has 2 aliphatic heterocycles. The number of benzene rings is 1. The Kier molecular flexibility index (Phi) is 5.44. The molecule has 3 aromatic rings.